The summed E-state index contributed by atoms with van der Waals surface area (Å²) in [5, 5.41) is 0. The molecule has 1 N–H and O–H groups in total. The van der Waals surface area contributed by atoms with Crippen LogP contribution >= 0.6 is 0 Å². The van der Waals surface area contributed by atoms with Crippen LogP contribution in [0.5, 0.6) is 0 Å². The van der Waals surface area contributed by atoms with Crippen LogP contribution in [-0.2, 0) is 20.9 Å². The number of rotatable bonds is 7. The number of esters is 1. The van der Waals surface area contributed by atoms with Gasteiger partial charge >= 0.3 is 5.97 Å². The summed E-state index contributed by atoms with van der Waals surface area (Å²) >= 11 is -1.39. The molecule has 0 radical (unpaired) electrons. The molecule has 1 aromatic rings. The van der Waals surface area contributed by atoms with Crippen LogP contribution in [0.15, 0.2) is 43.0 Å². The van der Waals surface area contributed by atoms with Crippen molar-refractivity contribution in [2.75, 3.05) is 6.61 Å². The molecule has 5 heteroatoms. The van der Waals surface area contributed by atoms with Crippen LogP contribution in [0.25, 0.3) is 0 Å². The van der Waals surface area contributed by atoms with Gasteiger partial charge in [0.2, 0.25) is 0 Å². The van der Waals surface area contributed by atoms with Crippen molar-refractivity contribution in [2.45, 2.75) is 44.4 Å². The van der Waals surface area contributed by atoms with Gasteiger partial charge < -0.3 is 9.29 Å². The van der Waals surface area contributed by atoms with Gasteiger partial charge in [-0.15, -0.1) is 11.3 Å². The van der Waals surface area contributed by atoms with Crippen molar-refractivity contribution in [1.29, 1.82) is 0 Å². The molecule has 0 aliphatic carbocycles. The van der Waals surface area contributed by atoms with E-state index in [1.54, 1.807) is 13.0 Å². The summed E-state index contributed by atoms with van der Waals surface area (Å²) in [5.74, 6) is -0.736. The summed E-state index contributed by atoms with van der Waals surface area (Å²) in [4.78, 5) is 12.3. The van der Waals surface area contributed by atoms with Crippen LogP contribution in [0.2, 0.25) is 0 Å². The first kappa shape index (κ1) is 18.7. The number of carbonyl (C=O) groups excluding carboxylic acids is 1. The minimum Gasteiger partial charge on any atom is -0.598 e. The van der Waals surface area contributed by atoms with E-state index in [1.165, 1.54) is 0 Å². The number of carbonyl (C=O) groups is 1. The third-order valence-electron chi connectivity index (χ3n) is 3.13. The van der Waals surface area contributed by atoms with Crippen molar-refractivity contribution in [1.82, 2.24) is 4.72 Å². The molecule has 0 amide bonds. The van der Waals surface area contributed by atoms with Gasteiger partial charge in [0.1, 0.15) is 4.75 Å². The van der Waals surface area contributed by atoms with Gasteiger partial charge in [0.05, 0.1) is 6.61 Å². The first-order valence-electron chi connectivity index (χ1n) is 7.33. The lowest BCUT2D eigenvalue weighted by atomic mass is 9.92. The quantitative estimate of drug-likeness (QED) is 0.476. The van der Waals surface area contributed by atoms with Crippen LogP contribution in [0, 0.1) is 0 Å². The largest absolute Gasteiger partial charge is 0.598 e. The second-order valence-corrected chi connectivity index (χ2v) is 7.90. The normalized spacial score (nSPS) is 15.7. The third-order valence-corrected chi connectivity index (χ3v) is 4.71. The molecule has 0 spiro atoms. The molecule has 0 aromatic heterocycles. The number of nitrogens with one attached hydrogen (secondary N) is 1. The first-order valence-corrected chi connectivity index (χ1v) is 8.48. The van der Waals surface area contributed by atoms with Crippen LogP contribution < -0.4 is 4.72 Å². The minimum absolute atomic E-state index is 0.276. The molecular formula is C17H25NO3S. The fourth-order valence-electron chi connectivity index (χ4n) is 1.93. The van der Waals surface area contributed by atoms with Gasteiger partial charge in [0.15, 0.2) is 6.04 Å². The van der Waals surface area contributed by atoms with E-state index >= 15 is 0 Å². The van der Waals surface area contributed by atoms with E-state index in [2.05, 4.69) is 11.3 Å². The van der Waals surface area contributed by atoms with Gasteiger partial charge in [-0.1, -0.05) is 36.4 Å². The molecule has 0 unspecified atom stereocenters. The van der Waals surface area contributed by atoms with Crippen molar-refractivity contribution in [3.05, 3.63) is 48.6 Å². The molecule has 0 fully saturated rings. The molecule has 0 bridgehead atoms. The zero-order valence-corrected chi connectivity index (χ0v) is 14.5. The van der Waals surface area contributed by atoms with Crippen molar-refractivity contribution in [2.24, 2.45) is 0 Å². The summed E-state index contributed by atoms with van der Waals surface area (Å²) in [6.07, 6.45) is 1.68. The zero-order valence-electron chi connectivity index (χ0n) is 13.7. The summed E-state index contributed by atoms with van der Waals surface area (Å²) < 4.78 is 20.0. The van der Waals surface area contributed by atoms with E-state index in [-0.39, 0.29) is 12.5 Å². The molecule has 4 nitrogen and oxygen atoms in total. The van der Waals surface area contributed by atoms with E-state index in [0.717, 1.165) is 5.56 Å². The lowest BCUT2D eigenvalue weighted by Gasteiger charge is -2.30. The molecule has 0 aliphatic heterocycles. The molecular weight excluding hydrogens is 298 g/mol. The predicted molar refractivity (Wildman–Crippen MR) is 90.8 cm³/mol. The predicted octanol–water partition coefficient (Wildman–Crippen LogP) is 2.94. The Balaban J connectivity index is 3.07. The third kappa shape index (κ3) is 5.16. The van der Waals surface area contributed by atoms with Crippen molar-refractivity contribution < 1.29 is 14.1 Å². The molecule has 122 valence electrons. The average molecular weight is 323 g/mol. The van der Waals surface area contributed by atoms with Gasteiger partial charge in [0.25, 0.3) is 0 Å². The standard InChI is InChI=1S/C17H25NO3S/c1-6-14(13-11-9-8-10-12-13)15(16(19)21-7-2)18-22(20)17(3,4)5/h6,8-12,14-15,18H,1,7H2,2-5H3/t14-,15-,22-/m0/s1. The molecule has 0 saturated heterocycles. The Hall–Kier alpha value is -1.30. The minimum atomic E-state index is -1.39. The maximum atomic E-state index is 12.4. The van der Waals surface area contributed by atoms with Crippen LogP contribution in [-0.4, -0.2) is 27.9 Å². The van der Waals surface area contributed by atoms with E-state index < -0.39 is 28.1 Å². The number of benzene rings is 1. The number of ether oxygens (including phenoxy) is 1. The Morgan fingerprint density at radius 2 is 2.00 bits per heavy atom. The second-order valence-electron chi connectivity index (χ2n) is 5.90. The summed E-state index contributed by atoms with van der Waals surface area (Å²) in [6, 6.07) is 8.80. The van der Waals surface area contributed by atoms with E-state index in [1.807, 2.05) is 51.1 Å². The average Bonchev–Trinajstić information content (AvgIpc) is 2.47. The molecule has 1 rings (SSSR count). The Bertz CT molecular complexity index is 484. The van der Waals surface area contributed by atoms with Gasteiger partial charge in [-0.05, 0) is 33.3 Å². The monoisotopic (exact) mass is 323 g/mol. The van der Waals surface area contributed by atoms with Crippen LogP contribution in [0.1, 0.15) is 39.2 Å². The highest BCUT2D eigenvalue weighted by molar-refractivity contribution is 7.90. The highest BCUT2D eigenvalue weighted by atomic mass is 32.2. The van der Waals surface area contributed by atoms with E-state index in [0.29, 0.717) is 0 Å². The van der Waals surface area contributed by atoms with Crippen molar-refractivity contribution >= 4 is 17.3 Å². The van der Waals surface area contributed by atoms with E-state index in [9.17, 15) is 9.35 Å². The maximum absolute atomic E-state index is 12.4. The molecule has 0 aliphatic rings. The number of hydrogen-bond donors (Lipinski definition) is 1. The Labute approximate surface area is 136 Å². The lowest BCUT2D eigenvalue weighted by Crippen LogP contribution is -2.50. The van der Waals surface area contributed by atoms with Crippen molar-refractivity contribution in [3.63, 3.8) is 0 Å². The summed E-state index contributed by atoms with van der Waals surface area (Å²) in [6.45, 7) is 11.4. The van der Waals surface area contributed by atoms with Crippen LogP contribution in [0.4, 0.5) is 0 Å². The topological polar surface area (TPSA) is 61.4 Å². The van der Waals surface area contributed by atoms with Crippen LogP contribution in [0.3, 0.4) is 0 Å². The van der Waals surface area contributed by atoms with Gasteiger partial charge in [-0.2, -0.15) is 0 Å². The fraction of sp³-hybridized carbons (Fsp3) is 0.471. The molecule has 3 atom stereocenters. The van der Waals surface area contributed by atoms with Gasteiger partial charge in [-0.3, -0.25) is 4.79 Å². The summed E-state index contributed by atoms with van der Waals surface area (Å²) in [5.41, 5.74) is 0.925. The molecule has 0 saturated carbocycles. The summed E-state index contributed by atoms with van der Waals surface area (Å²) in [7, 11) is 0. The maximum Gasteiger partial charge on any atom is 0.328 e. The lowest BCUT2D eigenvalue weighted by molar-refractivity contribution is -0.145. The molecule has 0 heterocycles. The van der Waals surface area contributed by atoms with Gasteiger partial charge in [0, 0.05) is 17.3 Å². The highest BCUT2D eigenvalue weighted by Gasteiger charge is 2.37. The SMILES string of the molecule is C=C[C@@H](c1ccccc1)[C@H](N[S@@+]([O-])C(C)(C)C)C(=O)OCC. The highest BCUT2D eigenvalue weighted by Crippen LogP contribution is 2.24. The Kier molecular flexibility index (Phi) is 7.13. The molecule has 22 heavy (non-hydrogen) atoms. The van der Waals surface area contributed by atoms with Crippen molar-refractivity contribution in [3.8, 4) is 0 Å². The van der Waals surface area contributed by atoms with E-state index in [4.69, 9.17) is 4.74 Å². The fourth-order valence-corrected chi connectivity index (χ4v) is 2.76. The second kappa shape index (κ2) is 8.36. The Morgan fingerprint density at radius 1 is 1.41 bits per heavy atom. The van der Waals surface area contributed by atoms with Gasteiger partial charge in [-0.25, -0.2) is 0 Å². The molecule has 1 aromatic carbocycles. The number of hydrogen-bond acceptors (Lipinski definition) is 4. The Morgan fingerprint density at radius 3 is 2.45 bits per heavy atom. The zero-order chi connectivity index (χ0) is 16.8. The first-order chi connectivity index (χ1) is 10.3. The smallest absolute Gasteiger partial charge is 0.328 e.